The summed E-state index contributed by atoms with van der Waals surface area (Å²) in [7, 11) is 3.25. The van der Waals surface area contributed by atoms with E-state index in [2.05, 4.69) is 24.1 Å². The van der Waals surface area contributed by atoms with E-state index in [1.165, 1.54) is 0 Å². The normalized spacial score (nSPS) is 21.5. The topological polar surface area (TPSA) is 76.8 Å². The molecule has 0 saturated carbocycles. The summed E-state index contributed by atoms with van der Waals surface area (Å²) in [4.78, 5) is 15.0. The van der Waals surface area contributed by atoms with Crippen molar-refractivity contribution in [1.29, 1.82) is 0 Å². The van der Waals surface area contributed by atoms with Gasteiger partial charge in [-0.15, -0.1) is 12.4 Å². The van der Waals surface area contributed by atoms with E-state index in [0.29, 0.717) is 0 Å². The first kappa shape index (κ1) is 23.5. The van der Waals surface area contributed by atoms with E-state index in [1.807, 2.05) is 32.0 Å². The van der Waals surface area contributed by atoms with Crippen molar-refractivity contribution in [1.82, 2.24) is 10.2 Å². The van der Waals surface area contributed by atoms with E-state index in [9.17, 15) is 4.79 Å². The third-order valence-corrected chi connectivity index (χ3v) is 5.53. The lowest BCUT2D eigenvalue weighted by atomic mass is 9.79. The highest BCUT2D eigenvalue weighted by atomic mass is 35.5. The van der Waals surface area contributed by atoms with Crippen LogP contribution in [0.2, 0.25) is 0 Å². The SMILES string of the molecule is COc1ccc(OC)c(C(C)NC(=O)C(C)N2CCC(N)C(C)(C)C2)c1.Cl. The van der Waals surface area contributed by atoms with Crippen LogP contribution in [-0.4, -0.2) is 50.2 Å². The van der Waals surface area contributed by atoms with Crippen LogP contribution in [0.15, 0.2) is 18.2 Å². The van der Waals surface area contributed by atoms with Crippen LogP contribution in [0.5, 0.6) is 11.5 Å². The Hall–Kier alpha value is -1.50. The molecule has 3 unspecified atom stereocenters. The van der Waals surface area contributed by atoms with Crippen molar-refractivity contribution in [3.8, 4) is 11.5 Å². The lowest BCUT2D eigenvalue weighted by Gasteiger charge is -2.44. The lowest BCUT2D eigenvalue weighted by Crippen LogP contribution is -2.57. The Bertz CT molecular complexity index is 639. The number of hydrogen-bond donors (Lipinski definition) is 2. The average molecular weight is 400 g/mol. The van der Waals surface area contributed by atoms with E-state index in [-0.39, 0.29) is 41.9 Å². The molecule has 6 nitrogen and oxygen atoms in total. The number of halogens is 1. The minimum atomic E-state index is -0.208. The zero-order chi connectivity index (χ0) is 19.5. The highest BCUT2D eigenvalue weighted by Gasteiger charge is 2.36. The predicted octanol–water partition coefficient (Wildman–Crippen LogP) is 2.75. The quantitative estimate of drug-likeness (QED) is 0.769. The molecule has 1 heterocycles. The number of nitrogens with two attached hydrogens (primary N) is 1. The highest BCUT2D eigenvalue weighted by molar-refractivity contribution is 5.85. The molecule has 1 saturated heterocycles. The molecule has 0 aliphatic carbocycles. The molecular weight excluding hydrogens is 366 g/mol. The van der Waals surface area contributed by atoms with Gasteiger partial charge in [0.15, 0.2) is 0 Å². The monoisotopic (exact) mass is 399 g/mol. The second-order valence-electron chi connectivity index (χ2n) is 7.87. The van der Waals surface area contributed by atoms with Crippen molar-refractivity contribution in [2.45, 2.75) is 52.2 Å². The Morgan fingerprint density at radius 1 is 1.30 bits per heavy atom. The van der Waals surface area contributed by atoms with Gasteiger partial charge in [0.25, 0.3) is 0 Å². The van der Waals surface area contributed by atoms with Crippen LogP contribution in [0.1, 0.15) is 45.7 Å². The number of amides is 1. The van der Waals surface area contributed by atoms with Crippen molar-refractivity contribution >= 4 is 18.3 Å². The molecule has 1 amide bonds. The molecule has 0 radical (unpaired) electrons. The van der Waals surface area contributed by atoms with Gasteiger partial charge < -0.3 is 20.5 Å². The fraction of sp³-hybridized carbons (Fsp3) is 0.650. The van der Waals surface area contributed by atoms with Crippen LogP contribution in [-0.2, 0) is 4.79 Å². The van der Waals surface area contributed by atoms with Crippen molar-refractivity contribution in [3.63, 3.8) is 0 Å². The van der Waals surface area contributed by atoms with Crippen LogP contribution < -0.4 is 20.5 Å². The zero-order valence-electron chi connectivity index (χ0n) is 17.2. The summed E-state index contributed by atoms with van der Waals surface area (Å²) in [5.41, 5.74) is 7.12. The molecule has 1 aliphatic heterocycles. The van der Waals surface area contributed by atoms with Gasteiger partial charge >= 0.3 is 0 Å². The number of nitrogens with one attached hydrogen (secondary N) is 1. The van der Waals surface area contributed by atoms with Gasteiger partial charge in [0.1, 0.15) is 11.5 Å². The molecule has 1 aromatic carbocycles. The molecule has 1 aliphatic rings. The number of methoxy groups -OCH3 is 2. The van der Waals surface area contributed by atoms with Gasteiger partial charge in [-0.1, -0.05) is 13.8 Å². The number of likely N-dealkylation sites (tertiary alicyclic amines) is 1. The molecule has 1 fully saturated rings. The number of carbonyl (C=O) groups is 1. The third kappa shape index (κ3) is 5.50. The number of piperidine rings is 1. The van der Waals surface area contributed by atoms with E-state index in [4.69, 9.17) is 15.2 Å². The standard InChI is InChI=1S/C20H33N3O3.ClH/c1-13(16-11-15(25-5)7-8-17(16)26-6)22-19(24)14(2)23-10-9-18(21)20(3,4)12-23;/h7-8,11,13-14,18H,9-10,12,21H2,1-6H3,(H,22,24);1H. The maximum Gasteiger partial charge on any atom is 0.237 e. The number of benzene rings is 1. The summed E-state index contributed by atoms with van der Waals surface area (Å²) in [5.74, 6) is 1.48. The van der Waals surface area contributed by atoms with Crippen molar-refractivity contribution in [2.24, 2.45) is 11.1 Å². The molecule has 154 valence electrons. The molecule has 0 spiro atoms. The van der Waals surface area contributed by atoms with Crippen molar-refractivity contribution < 1.29 is 14.3 Å². The predicted molar refractivity (Wildman–Crippen MR) is 111 cm³/mol. The Balaban J connectivity index is 0.00000364. The Kier molecular flexibility index (Phi) is 8.39. The van der Waals surface area contributed by atoms with Crippen LogP contribution >= 0.6 is 12.4 Å². The molecule has 0 aromatic heterocycles. The first-order chi connectivity index (χ1) is 12.2. The maximum absolute atomic E-state index is 12.8. The van der Waals surface area contributed by atoms with Crippen LogP contribution in [0, 0.1) is 5.41 Å². The average Bonchev–Trinajstić information content (AvgIpc) is 2.62. The summed E-state index contributed by atoms with van der Waals surface area (Å²) < 4.78 is 10.7. The Morgan fingerprint density at radius 2 is 1.96 bits per heavy atom. The molecule has 7 heteroatoms. The van der Waals surface area contributed by atoms with Gasteiger partial charge in [-0.2, -0.15) is 0 Å². The second kappa shape index (κ2) is 9.62. The molecular formula is C20H34ClN3O3. The number of ether oxygens (including phenoxy) is 2. The highest BCUT2D eigenvalue weighted by Crippen LogP contribution is 2.31. The minimum absolute atomic E-state index is 0. The Morgan fingerprint density at radius 3 is 2.52 bits per heavy atom. The molecule has 0 bridgehead atoms. The van der Waals surface area contributed by atoms with Crippen LogP contribution in [0.4, 0.5) is 0 Å². The van der Waals surface area contributed by atoms with E-state index in [1.54, 1.807) is 14.2 Å². The van der Waals surface area contributed by atoms with Gasteiger partial charge in [-0.05, 0) is 43.9 Å². The largest absolute Gasteiger partial charge is 0.497 e. The number of nitrogens with zero attached hydrogens (tertiary/aromatic N) is 1. The van der Waals surface area contributed by atoms with Crippen LogP contribution in [0.25, 0.3) is 0 Å². The smallest absolute Gasteiger partial charge is 0.237 e. The van der Waals surface area contributed by atoms with Crippen LogP contribution in [0.3, 0.4) is 0 Å². The third-order valence-electron chi connectivity index (χ3n) is 5.53. The number of carbonyl (C=O) groups excluding carboxylic acids is 1. The zero-order valence-corrected chi connectivity index (χ0v) is 18.1. The molecule has 3 N–H and O–H groups in total. The Labute approximate surface area is 169 Å². The lowest BCUT2D eigenvalue weighted by molar-refractivity contribution is -0.127. The summed E-state index contributed by atoms with van der Waals surface area (Å²) in [5, 5.41) is 3.11. The summed E-state index contributed by atoms with van der Waals surface area (Å²) >= 11 is 0. The maximum atomic E-state index is 12.8. The molecule has 3 atom stereocenters. The second-order valence-corrected chi connectivity index (χ2v) is 7.87. The van der Waals surface area contributed by atoms with E-state index >= 15 is 0 Å². The van der Waals surface area contributed by atoms with Gasteiger partial charge in [0, 0.05) is 24.7 Å². The van der Waals surface area contributed by atoms with Crippen molar-refractivity contribution in [2.75, 3.05) is 27.3 Å². The van der Waals surface area contributed by atoms with Crippen molar-refractivity contribution in [3.05, 3.63) is 23.8 Å². The molecule has 2 rings (SSSR count). The summed E-state index contributed by atoms with van der Waals surface area (Å²) in [6.07, 6.45) is 0.907. The first-order valence-corrected chi connectivity index (χ1v) is 9.21. The van der Waals surface area contributed by atoms with E-state index in [0.717, 1.165) is 36.6 Å². The molecule has 1 aromatic rings. The van der Waals surface area contributed by atoms with Gasteiger partial charge in [0.05, 0.1) is 26.3 Å². The summed E-state index contributed by atoms with van der Waals surface area (Å²) in [6.45, 7) is 9.90. The summed E-state index contributed by atoms with van der Waals surface area (Å²) in [6, 6.07) is 5.38. The van der Waals surface area contributed by atoms with E-state index < -0.39 is 0 Å². The fourth-order valence-electron chi connectivity index (χ4n) is 3.50. The molecule has 27 heavy (non-hydrogen) atoms. The fourth-order valence-corrected chi connectivity index (χ4v) is 3.50. The van der Waals surface area contributed by atoms with Gasteiger partial charge in [0.2, 0.25) is 5.91 Å². The number of rotatable bonds is 6. The number of hydrogen-bond acceptors (Lipinski definition) is 5. The van der Waals surface area contributed by atoms with Gasteiger partial charge in [-0.3, -0.25) is 9.69 Å². The minimum Gasteiger partial charge on any atom is -0.497 e. The first-order valence-electron chi connectivity index (χ1n) is 9.21. The van der Waals surface area contributed by atoms with Gasteiger partial charge in [-0.25, -0.2) is 0 Å².